The number of thioether (sulfide) groups is 1. The molecule has 2 unspecified atom stereocenters. The molecule has 7 amide bonds. The van der Waals surface area contributed by atoms with E-state index >= 15 is 0 Å². The maximum atomic E-state index is 12.8. The van der Waals surface area contributed by atoms with Crippen LogP contribution in [0.2, 0.25) is 0 Å². The number of hydrogen-bond acceptors (Lipinski definition) is 12. The third kappa shape index (κ3) is 29.6. The van der Waals surface area contributed by atoms with Gasteiger partial charge in [0.15, 0.2) is 0 Å². The fraction of sp³-hybridized carbons (Fsp3) is 0.837. The summed E-state index contributed by atoms with van der Waals surface area (Å²) in [6.07, 6.45) is 16.7. The number of nitrogens with zero attached hydrogens (tertiary/aromatic N) is 2. The number of unbranched alkanes of at least 4 members (excludes halogenated alkanes) is 12. The van der Waals surface area contributed by atoms with Crippen molar-refractivity contribution in [2.45, 2.75) is 140 Å². The molecule has 1 saturated heterocycles. The number of likely N-dealkylation sites (N-methyl/N-ethyl adjacent to an activating group) is 2. The lowest BCUT2D eigenvalue weighted by Gasteiger charge is -2.21. The van der Waals surface area contributed by atoms with E-state index in [4.69, 9.17) is 15.2 Å². The number of hydrogen-bond donors (Lipinski definition) is 6. The molecule has 352 valence electrons. The molecule has 0 aromatic carbocycles. The van der Waals surface area contributed by atoms with Gasteiger partial charge >= 0.3 is 0 Å². The van der Waals surface area contributed by atoms with Crippen molar-refractivity contribution < 1.29 is 43.0 Å². The van der Waals surface area contributed by atoms with E-state index in [1.807, 2.05) is 7.05 Å². The first-order chi connectivity index (χ1) is 29.5. The van der Waals surface area contributed by atoms with Crippen LogP contribution in [0.4, 0.5) is 0 Å². The molecule has 18 heteroatoms. The lowest BCUT2D eigenvalue weighted by atomic mass is 10.1. The molecule has 1 aliphatic heterocycles. The van der Waals surface area contributed by atoms with E-state index in [2.05, 4.69) is 38.4 Å². The molecule has 0 aromatic heterocycles. The van der Waals surface area contributed by atoms with E-state index in [0.29, 0.717) is 38.8 Å². The van der Waals surface area contributed by atoms with Gasteiger partial charge in [0.1, 0.15) is 12.6 Å². The highest BCUT2D eigenvalue weighted by Crippen LogP contribution is 2.26. The van der Waals surface area contributed by atoms with E-state index in [1.54, 1.807) is 7.05 Å². The second-order valence-electron chi connectivity index (χ2n) is 15.6. The van der Waals surface area contributed by atoms with E-state index in [0.717, 1.165) is 75.2 Å². The van der Waals surface area contributed by atoms with Gasteiger partial charge in [-0.2, -0.15) is 0 Å². The number of likely N-dealkylation sites (tertiary alicyclic amines) is 1. The number of nitrogens with one attached hydrogen (secondary N) is 5. The van der Waals surface area contributed by atoms with Crippen molar-refractivity contribution in [3.8, 4) is 0 Å². The molecule has 2 atom stereocenters. The summed E-state index contributed by atoms with van der Waals surface area (Å²) in [5, 5.41) is 13.6. The molecule has 1 rings (SSSR count). The van der Waals surface area contributed by atoms with Gasteiger partial charge in [-0.3, -0.25) is 43.4 Å². The second-order valence-corrected chi connectivity index (χ2v) is 16.9. The smallest absolute Gasteiger partial charge is 0.243 e. The molecule has 0 aliphatic carbocycles. The summed E-state index contributed by atoms with van der Waals surface area (Å²) in [6, 6.07) is -0.712. The molecule has 0 aromatic rings. The number of nitrogens with two attached hydrogens (primary N) is 1. The summed E-state index contributed by atoms with van der Waals surface area (Å²) in [5.41, 5.74) is 5.51. The number of carbonyl (C=O) groups excluding carboxylic acids is 7. The Kier molecular flexibility index (Phi) is 34.0. The van der Waals surface area contributed by atoms with Gasteiger partial charge in [-0.05, 0) is 57.9 Å². The average molecular weight is 885 g/mol. The Hall–Kier alpha value is -3.32. The highest BCUT2D eigenvalue weighted by atomic mass is 32.2. The lowest BCUT2D eigenvalue weighted by Crippen LogP contribution is -2.44. The second kappa shape index (κ2) is 37.3. The molecule has 1 aliphatic rings. The molecular weight excluding hydrogens is 805 g/mol. The first kappa shape index (κ1) is 55.7. The normalized spacial score (nSPS) is 14.4. The van der Waals surface area contributed by atoms with Crippen LogP contribution in [-0.2, 0) is 43.0 Å². The predicted octanol–water partition coefficient (Wildman–Crippen LogP) is 2.39. The standard InChI is InChI=1S/C43H80N8O9S/c1-4-5-6-7-8-9-10-11-14-20-38(53)49-35(42(44)57)19-15-16-22-47-37(52)21-27-59-29-30-60-28-24-48-40(55)34-51-41(56)32-36(43(51)58)61-31-18-13-12-17-25-50(26-23-45-2)33-39(54)46-3/h35-36,45H,4-34H2,1-3H3,(H2,44,57)(H,46,54)(H,47,52)(H,48,55)(H,49,53). The van der Waals surface area contributed by atoms with Crippen molar-refractivity contribution in [2.24, 2.45) is 5.73 Å². The van der Waals surface area contributed by atoms with Crippen molar-refractivity contribution >= 4 is 53.1 Å². The van der Waals surface area contributed by atoms with E-state index in [9.17, 15) is 33.6 Å². The average Bonchev–Trinajstić information content (AvgIpc) is 3.50. The van der Waals surface area contributed by atoms with Crippen molar-refractivity contribution in [1.29, 1.82) is 0 Å². The van der Waals surface area contributed by atoms with Crippen LogP contribution in [0, 0.1) is 0 Å². The van der Waals surface area contributed by atoms with Crippen molar-refractivity contribution in [2.75, 3.05) is 92.1 Å². The van der Waals surface area contributed by atoms with Crippen LogP contribution in [0.15, 0.2) is 0 Å². The summed E-state index contributed by atoms with van der Waals surface area (Å²) in [4.78, 5) is 89.0. The van der Waals surface area contributed by atoms with Gasteiger partial charge in [-0.15, -0.1) is 11.8 Å². The molecule has 0 saturated carbocycles. The maximum Gasteiger partial charge on any atom is 0.243 e. The Morgan fingerprint density at radius 3 is 2.07 bits per heavy atom. The van der Waals surface area contributed by atoms with Crippen LogP contribution < -0.4 is 32.3 Å². The largest absolute Gasteiger partial charge is 0.379 e. The Labute approximate surface area is 369 Å². The number of carbonyl (C=O) groups is 7. The summed E-state index contributed by atoms with van der Waals surface area (Å²) in [6.45, 7) is 6.36. The van der Waals surface area contributed by atoms with E-state index < -0.39 is 23.1 Å². The Balaban J connectivity index is 2.05. The zero-order valence-electron chi connectivity index (χ0n) is 37.6. The van der Waals surface area contributed by atoms with Crippen molar-refractivity contribution in [3.05, 3.63) is 0 Å². The number of ether oxygens (including phenoxy) is 2. The van der Waals surface area contributed by atoms with Gasteiger partial charge in [-0.1, -0.05) is 71.1 Å². The molecule has 61 heavy (non-hydrogen) atoms. The van der Waals surface area contributed by atoms with Gasteiger partial charge in [0.25, 0.3) is 0 Å². The van der Waals surface area contributed by atoms with Crippen LogP contribution in [0.5, 0.6) is 0 Å². The first-order valence-electron chi connectivity index (χ1n) is 22.8. The summed E-state index contributed by atoms with van der Waals surface area (Å²) >= 11 is 1.47. The number of rotatable bonds is 41. The first-order valence-corrected chi connectivity index (χ1v) is 23.9. The van der Waals surface area contributed by atoms with Crippen molar-refractivity contribution in [3.63, 3.8) is 0 Å². The SMILES string of the molecule is CCCCCCCCCCCC(=O)NC(CCCCNC(=O)CCOCCOCCNC(=O)CN1C(=O)CC(SCCCCCCN(CCNC)CC(=O)NC)C1=O)C(N)=O. The monoisotopic (exact) mass is 885 g/mol. The molecule has 17 nitrogen and oxygen atoms in total. The minimum absolute atomic E-state index is 0.00194. The highest BCUT2D eigenvalue weighted by Gasteiger charge is 2.39. The summed E-state index contributed by atoms with van der Waals surface area (Å²) in [5.74, 6) is -1.20. The van der Waals surface area contributed by atoms with Gasteiger partial charge in [0, 0.05) is 52.5 Å². The molecule has 0 bridgehead atoms. The topological polar surface area (TPSA) is 231 Å². The van der Waals surface area contributed by atoms with Crippen LogP contribution in [0.25, 0.3) is 0 Å². The minimum Gasteiger partial charge on any atom is -0.379 e. The highest BCUT2D eigenvalue weighted by molar-refractivity contribution is 8.00. The van der Waals surface area contributed by atoms with Gasteiger partial charge in [-0.25, -0.2) is 0 Å². The Morgan fingerprint density at radius 1 is 0.721 bits per heavy atom. The third-order valence-corrected chi connectivity index (χ3v) is 11.7. The molecule has 0 radical (unpaired) electrons. The van der Waals surface area contributed by atoms with Gasteiger partial charge < -0.3 is 41.8 Å². The minimum atomic E-state index is -0.712. The molecule has 7 N–H and O–H groups in total. The third-order valence-electron chi connectivity index (χ3n) is 10.4. The number of amides is 7. The van der Waals surface area contributed by atoms with Gasteiger partial charge in [0.05, 0.1) is 38.2 Å². The molecular formula is C43H80N8O9S. The Morgan fingerprint density at radius 2 is 1.38 bits per heavy atom. The van der Waals surface area contributed by atoms with Crippen LogP contribution in [0.3, 0.4) is 0 Å². The molecule has 0 spiro atoms. The van der Waals surface area contributed by atoms with Gasteiger partial charge in [0.2, 0.25) is 41.4 Å². The fourth-order valence-corrected chi connectivity index (χ4v) is 7.86. The van der Waals surface area contributed by atoms with E-state index in [-0.39, 0.29) is 81.9 Å². The van der Waals surface area contributed by atoms with Crippen LogP contribution in [-0.4, -0.2) is 155 Å². The maximum absolute atomic E-state index is 12.8. The fourth-order valence-electron chi connectivity index (χ4n) is 6.67. The van der Waals surface area contributed by atoms with E-state index in [1.165, 1.54) is 50.3 Å². The lowest BCUT2D eigenvalue weighted by molar-refractivity contribution is -0.142. The van der Waals surface area contributed by atoms with Crippen LogP contribution in [0.1, 0.15) is 129 Å². The quantitative estimate of drug-likeness (QED) is 0.0384. The summed E-state index contributed by atoms with van der Waals surface area (Å²) in [7, 11) is 3.53. The zero-order chi connectivity index (χ0) is 44.9. The molecule has 1 heterocycles. The molecule has 1 fully saturated rings. The predicted molar refractivity (Wildman–Crippen MR) is 240 cm³/mol. The Bertz CT molecular complexity index is 1260. The van der Waals surface area contributed by atoms with Crippen LogP contribution >= 0.6 is 11.8 Å². The summed E-state index contributed by atoms with van der Waals surface area (Å²) < 4.78 is 10.9. The van der Waals surface area contributed by atoms with Crippen molar-refractivity contribution in [1.82, 2.24) is 36.4 Å². The number of imide groups is 1. The zero-order valence-corrected chi connectivity index (χ0v) is 38.4. The number of primary amides is 1.